The summed E-state index contributed by atoms with van der Waals surface area (Å²) in [5.41, 5.74) is 1.26. The molecule has 0 aliphatic heterocycles. The molecule has 84 valence electrons. The molecule has 15 heavy (non-hydrogen) atoms. The van der Waals surface area contributed by atoms with Gasteiger partial charge in [0.2, 0.25) is 0 Å². The summed E-state index contributed by atoms with van der Waals surface area (Å²) in [5.74, 6) is 0. The van der Waals surface area contributed by atoms with E-state index in [2.05, 4.69) is 35.1 Å². The van der Waals surface area contributed by atoms with E-state index in [1.54, 1.807) is 0 Å². The third-order valence-electron chi connectivity index (χ3n) is 3.19. The van der Waals surface area contributed by atoms with Crippen LogP contribution in [0.3, 0.4) is 0 Å². The molecule has 2 rings (SSSR count). The maximum Gasteiger partial charge on any atom is 0.0534 e. The second-order valence-electron chi connectivity index (χ2n) is 4.62. The Morgan fingerprint density at radius 3 is 3.07 bits per heavy atom. The van der Waals surface area contributed by atoms with E-state index in [9.17, 15) is 0 Å². The highest BCUT2D eigenvalue weighted by Gasteiger charge is 2.25. The first kappa shape index (κ1) is 10.7. The minimum atomic E-state index is 0.619. The minimum Gasteiger partial charge on any atom is -0.314 e. The first-order valence-corrected chi connectivity index (χ1v) is 6.03. The monoisotopic (exact) mass is 207 g/mol. The third-order valence-corrected chi connectivity index (χ3v) is 3.19. The van der Waals surface area contributed by atoms with Gasteiger partial charge in [0.05, 0.1) is 12.2 Å². The molecular formula is C12H21N3. The molecular weight excluding hydrogens is 186 g/mol. The number of rotatable bonds is 4. The summed E-state index contributed by atoms with van der Waals surface area (Å²) >= 11 is 0. The quantitative estimate of drug-likeness (QED) is 0.821. The van der Waals surface area contributed by atoms with Gasteiger partial charge in [0.15, 0.2) is 0 Å². The average Bonchev–Trinajstić information content (AvgIpc) is 2.83. The molecule has 0 spiro atoms. The Kier molecular flexibility index (Phi) is 3.41. The highest BCUT2D eigenvalue weighted by Crippen LogP contribution is 2.29. The number of nitrogens with one attached hydrogen (secondary N) is 1. The topological polar surface area (TPSA) is 29.9 Å². The second-order valence-corrected chi connectivity index (χ2v) is 4.62. The molecule has 0 saturated heterocycles. The van der Waals surface area contributed by atoms with Crippen LogP contribution in [0, 0.1) is 6.92 Å². The molecule has 1 fully saturated rings. The minimum absolute atomic E-state index is 0.619. The van der Waals surface area contributed by atoms with Crippen LogP contribution in [0.5, 0.6) is 0 Å². The Morgan fingerprint density at radius 2 is 2.40 bits per heavy atom. The van der Waals surface area contributed by atoms with Crippen LogP contribution >= 0.6 is 0 Å². The van der Waals surface area contributed by atoms with Crippen LogP contribution in [0.15, 0.2) is 12.4 Å². The van der Waals surface area contributed by atoms with Gasteiger partial charge >= 0.3 is 0 Å². The lowest BCUT2D eigenvalue weighted by atomic mass is 10.2. The van der Waals surface area contributed by atoms with Crippen molar-refractivity contribution < 1.29 is 0 Å². The van der Waals surface area contributed by atoms with Gasteiger partial charge in [-0.05, 0) is 44.7 Å². The van der Waals surface area contributed by atoms with Crippen molar-refractivity contribution in [2.75, 3.05) is 6.54 Å². The van der Waals surface area contributed by atoms with E-state index in [1.807, 2.05) is 6.20 Å². The molecule has 1 heterocycles. The van der Waals surface area contributed by atoms with Crippen molar-refractivity contribution in [3.05, 3.63) is 18.0 Å². The maximum absolute atomic E-state index is 4.40. The summed E-state index contributed by atoms with van der Waals surface area (Å²) < 4.78 is 2.14. The third kappa shape index (κ3) is 2.59. The van der Waals surface area contributed by atoms with E-state index in [0.29, 0.717) is 12.1 Å². The molecule has 1 aliphatic rings. The van der Waals surface area contributed by atoms with E-state index >= 15 is 0 Å². The first-order valence-electron chi connectivity index (χ1n) is 6.03. The van der Waals surface area contributed by atoms with Crippen LogP contribution in [0.25, 0.3) is 0 Å². The summed E-state index contributed by atoms with van der Waals surface area (Å²) in [6.45, 7) is 5.47. The lowest BCUT2D eigenvalue weighted by molar-refractivity contribution is 0.441. The molecule has 1 saturated carbocycles. The number of aromatic nitrogens is 2. The van der Waals surface area contributed by atoms with Gasteiger partial charge < -0.3 is 5.32 Å². The highest BCUT2D eigenvalue weighted by molar-refractivity contribution is 5.01. The predicted octanol–water partition coefficient (Wildman–Crippen LogP) is 2.28. The fraction of sp³-hybridized carbons (Fsp3) is 0.750. The summed E-state index contributed by atoms with van der Waals surface area (Å²) in [4.78, 5) is 0. The number of hydrogen-bond donors (Lipinski definition) is 1. The summed E-state index contributed by atoms with van der Waals surface area (Å²) in [5, 5.41) is 8.00. The van der Waals surface area contributed by atoms with E-state index < -0.39 is 0 Å². The molecule has 3 heteroatoms. The normalized spacial score (nSPS) is 26.0. The Labute approximate surface area is 91.9 Å². The van der Waals surface area contributed by atoms with Gasteiger partial charge in [-0.3, -0.25) is 4.68 Å². The fourth-order valence-corrected chi connectivity index (χ4v) is 2.36. The molecule has 1 aromatic rings. The SMILES string of the molecule is CCCNC1CCC(n2cc(C)cn2)C1. The van der Waals surface area contributed by atoms with Crippen molar-refractivity contribution in [3.8, 4) is 0 Å². The first-order chi connectivity index (χ1) is 7.29. The summed E-state index contributed by atoms with van der Waals surface area (Å²) in [6.07, 6.45) is 9.13. The van der Waals surface area contributed by atoms with Crippen molar-refractivity contribution in [1.82, 2.24) is 15.1 Å². The Bertz CT molecular complexity index is 306. The Hall–Kier alpha value is -0.830. The molecule has 2 atom stereocenters. The van der Waals surface area contributed by atoms with E-state index in [0.717, 1.165) is 6.54 Å². The van der Waals surface area contributed by atoms with Gasteiger partial charge in [-0.25, -0.2) is 0 Å². The van der Waals surface area contributed by atoms with Gasteiger partial charge in [-0.15, -0.1) is 0 Å². The smallest absolute Gasteiger partial charge is 0.0534 e. The molecule has 0 amide bonds. The molecule has 0 aromatic carbocycles. The number of hydrogen-bond acceptors (Lipinski definition) is 2. The van der Waals surface area contributed by atoms with Gasteiger partial charge in [-0.2, -0.15) is 5.10 Å². The van der Waals surface area contributed by atoms with Crippen LogP contribution in [0.2, 0.25) is 0 Å². The van der Waals surface area contributed by atoms with Gasteiger partial charge in [0.1, 0.15) is 0 Å². The summed E-state index contributed by atoms with van der Waals surface area (Å²) in [7, 11) is 0. The molecule has 3 nitrogen and oxygen atoms in total. The van der Waals surface area contributed by atoms with Gasteiger partial charge in [-0.1, -0.05) is 6.92 Å². The zero-order valence-corrected chi connectivity index (χ0v) is 9.74. The molecule has 0 radical (unpaired) electrons. The molecule has 1 aliphatic carbocycles. The van der Waals surface area contributed by atoms with Crippen molar-refractivity contribution in [1.29, 1.82) is 0 Å². The van der Waals surface area contributed by atoms with Crippen LogP contribution in [0.4, 0.5) is 0 Å². The fourth-order valence-electron chi connectivity index (χ4n) is 2.36. The van der Waals surface area contributed by atoms with Crippen molar-refractivity contribution in [3.63, 3.8) is 0 Å². The zero-order chi connectivity index (χ0) is 10.7. The van der Waals surface area contributed by atoms with Crippen LogP contribution in [-0.2, 0) is 0 Å². The highest BCUT2D eigenvalue weighted by atomic mass is 15.3. The zero-order valence-electron chi connectivity index (χ0n) is 9.74. The van der Waals surface area contributed by atoms with Crippen LogP contribution in [-0.4, -0.2) is 22.4 Å². The van der Waals surface area contributed by atoms with E-state index in [4.69, 9.17) is 0 Å². The number of nitrogens with zero attached hydrogens (tertiary/aromatic N) is 2. The van der Waals surface area contributed by atoms with Crippen LogP contribution < -0.4 is 5.32 Å². The van der Waals surface area contributed by atoms with Crippen molar-refractivity contribution in [2.24, 2.45) is 0 Å². The molecule has 2 unspecified atom stereocenters. The molecule has 1 aromatic heterocycles. The van der Waals surface area contributed by atoms with E-state index in [1.165, 1.54) is 31.2 Å². The van der Waals surface area contributed by atoms with Gasteiger partial charge in [0, 0.05) is 12.2 Å². The maximum atomic E-state index is 4.40. The molecule has 0 bridgehead atoms. The predicted molar refractivity (Wildman–Crippen MR) is 61.9 cm³/mol. The largest absolute Gasteiger partial charge is 0.314 e. The lowest BCUT2D eigenvalue weighted by Gasteiger charge is -2.12. The number of aryl methyl sites for hydroxylation is 1. The second kappa shape index (κ2) is 4.79. The van der Waals surface area contributed by atoms with E-state index in [-0.39, 0.29) is 0 Å². The van der Waals surface area contributed by atoms with Crippen molar-refractivity contribution >= 4 is 0 Å². The lowest BCUT2D eigenvalue weighted by Crippen LogP contribution is -2.27. The van der Waals surface area contributed by atoms with Crippen LogP contribution in [0.1, 0.15) is 44.2 Å². The molecule has 1 N–H and O–H groups in total. The van der Waals surface area contributed by atoms with Gasteiger partial charge in [0.25, 0.3) is 0 Å². The Balaban J connectivity index is 1.87. The van der Waals surface area contributed by atoms with Crippen molar-refractivity contribution in [2.45, 2.75) is 51.6 Å². The summed E-state index contributed by atoms with van der Waals surface area (Å²) in [6, 6.07) is 1.33. The standard InChI is InChI=1S/C12H21N3/c1-3-6-13-11-4-5-12(7-11)15-9-10(2)8-14-15/h8-9,11-13H,3-7H2,1-2H3. The average molecular weight is 207 g/mol. The Morgan fingerprint density at radius 1 is 1.53 bits per heavy atom.